The number of phenolic OH excluding ortho intramolecular Hbond substituents is 1. The number of fused-ring (bicyclic) bond motifs is 2. The summed E-state index contributed by atoms with van der Waals surface area (Å²) < 4.78 is 134. The number of carbonyl (C=O) groups excluding carboxylic acids is 1. The molecular formula is C28H25N5Na4O14S4. The molecule has 19 nitrogen and oxygen atoms in total. The number of aromatic hydroxyl groups is 1. The molecule has 1 amide bonds. The minimum absolute atomic E-state index is 0. The molecule has 274 valence electrons. The van der Waals surface area contributed by atoms with Crippen LogP contribution in [0.25, 0.3) is 21.5 Å². The van der Waals surface area contributed by atoms with Crippen molar-refractivity contribution in [2.24, 2.45) is 20.5 Å². The molecule has 0 fully saturated rings. The van der Waals surface area contributed by atoms with E-state index in [0.717, 1.165) is 43.3 Å². The van der Waals surface area contributed by atoms with Crippen LogP contribution in [0.4, 0.5) is 28.4 Å². The molecule has 0 saturated heterocycles. The summed E-state index contributed by atoms with van der Waals surface area (Å²) in [5.41, 5.74) is -1.27. The van der Waals surface area contributed by atoms with Gasteiger partial charge < -0.3 is 10.4 Å². The Bertz CT molecular complexity index is 2830. The minimum atomic E-state index is -5.33. The van der Waals surface area contributed by atoms with Gasteiger partial charge in [0.1, 0.15) is 15.5 Å². The van der Waals surface area contributed by atoms with Crippen LogP contribution in [0.1, 0.15) is 6.92 Å². The summed E-state index contributed by atoms with van der Waals surface area (Å²) in [4.78, 5) is 8.74. The van der Waals surface area contributed by atoms with Crippen molar-refractivity contribution in [3.05, 3.63) is 72.8 Å². The van der Waals surface area contributed by atoms with Crippen molar-refractivity contribution in [2.45, 2.75) is 26.5 Å². The summed E-state index contributed by atoms with van der Waals surface area (Å²) in [7, 11) is -19.7. The molecular weight excluding hydrogens is 851 g/mol. The van der Waals surface area contributed by atoms with E-state index in [4.69, 9.17) is 4.55 Å². The molecule has 5 rings (SSSR count). The van der Waals surface area contributed by atoms with Crippen LogP contribution in [0.5, 0.6) is 5.75 Å². The van der Waals surface area contributed by atoms with Crippen LogP contribution >= 0.6 is 0 Å². The van der Waals surface area contributed by atoms with Crippen LogP contribution in [-0.4, -0.2) is 181 Å². The van der Waals surface area contributed by atoms with Gasteiger partial charge in [0.2, 0.25) is 5.91 Å². The summed E-state index contributed by atoms with van der Waals surface area (Å²) in [6, 6.07) is 12.6. The Hall–Kier alpha value is -1.27. The number of phenols is 1. The predicted molar refractivity (Wildman–Crippen MR) is 207 cm³/mol. The fourth-order valence-electron chi connectivity index (χ4n) is 4.78. The Morgan fingerprint density at radius 1 is 0.545 bits per heavy atom. The number of hydrogen-bond acceptors (Lipinski definition) is 14. The first-order chi connectivity index (χ1) is 23.6. The van der Waals surface area contributed by atoms with E-state index in [0.29, 0.717) is 6.07 Å². The Kier molecular flexibility index (Phi) is 18.5. The first-order valence-corrected chi connectivity index (χ1v) is 19.3. The molecule has 27 heteroatoms. The number of benzene rings is 5. The van der Waals surface area contributed by atoms with Gasteiger partial charge in [-0.15, -0.1) is 15.3 Å². The first kappa shape index (κ1) is 51.7. The van der Waals surface area contributed by atoms with Crippen LogP contribution in [0, 0.1) is 0 Å². The number of amides is 1. The van der Waals surface area contributed by atoms with E-state index in [1.807, 2.05) is 0 Å². The van der Waals surface area contributed by atoms with Crippen molar-refractivity contribution in [1.82, 2.24) is 0 Å². The Morgan fingerprint density at radius 3 is 1.56 bits per heavy atom. The first-order valence-electron chi connectivity index (χ1n) is 13.6. The third-order valence-electron chi connectivity index (χ3n) is 6.95. The molecule has 55 heavy (non-hydrogen) atoms. The predicted octanol–water partition coefficient (Wildman–Crippen LogP) is 2.88. The van der Waals surface area contributed by atoms with Gasteiger partial charge in [0, 0.05) is 23.1 Å². The zero-order valence-electron chi connectivity index (χ0n) is 25.3. The number of nitrogens with one attached hydrogen (secondary N) is 1. The number of rotatable bonds is 9. The number of anilines is 1. The van der Waals surface area contributed by atoms with E-state index in [-0.39, 0.29) is 152 Å². The summed E-state index contributed by atoms with van der Waals surface area (Å²) in [6.45, 7) is 1.07. The molecule has 0 atom stereocenters. The molecule has 0 unspecified atom stereocenters. The summed E-state index contributed by atoms with van der Waals surface area (Å²) in [5, 5.41) is 28.2. The second-order valence-electron chi connectivity index (χ2n) is 10.4. The van der Waals surface area contributed by atoms with E-state index >= 15 is 0 Å². The normalized spacial score (nSPS) is 12.1. The topological polar surface area (TPSA) is 316 Å². The molecule has 0 heterocycles. The zero-order chi connectivity index (χ0) is 37.7. The molecule has 0 saturated carbocycles. The molecule has 0 radical (unpaired) electrons. The number of nitrogens with zero attached hydrogens (tertiary/aromatic N) is 4. The number of azo groups is 2. The van der Waals surface area contributed by atoms with E-state index in [9.17, 15) is 57.2 Å². The van der Waals surface area contributed by atoms with Crippen molar-refractivity contribution in [2.75, 3.05) is 5.32 Å². The second-order valence-corrected chi connectivity index (χ2v) is 16.0. The quantitative estimate of drug-likeness (QED) is 0.0705. The SMILES string of the molecule is CC(=O)Nc1ccc(S(=O)(=O)O)c2cc(S(=O)(=O)O)c(/N=N/c3ccc(/N=N/c4ccc(S(=O)(=O)O)cc4)c4ccc(S(=O)(=O)O)cc34)c(O)c12.[NaH].[NaH].[NaH].[NaH]. The molecule has 0 bridgehead atoms. The molecule has 5 aromatic carbocycles. The van der Waals surface area contributed by atoms with Gasteiger partial charge in [-0.25, -0.2) is 0 Å². The van der Waals surface area contributed by atoms with Gasteiger partial charge in [-0.1, -0.05) is 6.07 Å². The average Bonchev–Trinajstić information content (AvgIpc) is 3.01. The molecule has 6 N–H and O–H groups in total. The van der Waals surface area contributed by atoms with Crippen molar-refractivity contribution in [1.29, 1.82) is 0 Å². The molecule has 0 spiro atoms. The monoisotopic (exact) mass is 875 g/mol. The van der Waals surface area contributed by atoms with Crippen LogP contribution < -0.4 is 5.32 Å². The van der Waals surface area contributed by atoms with Gasteiger partial charge >= 0.3 is 118 Å². The van der Waals surface area contributed by atoms with E-state index in [1.54, 1.807) is 0 Å². The van der Waals surface area contributed by atoms with Crippen LogP contribution in [0.2, 0.25) is 0 Å². The van der Waals surface area contributed by atoms with Gasteiger partial charge in [-0.3, -0.25) is 23.0 Å². The van der Waals surface area contributed by atoms with Crippen LogP contribution in [0.3, 0.4) is 0 Å². The summed E-state index contributed by atoms with van der Waals surface area (Å²) in [5.74, 6) is -1.82. The van der Waals surface area contributed by atoms with Crippen molar-refractivity contribution >= 4 is 215 Å². The summed E-state index contributed by atoms with van der Waals surface area (Å²) in [6.07, 6.45) is 0. The molecule has 0 aliphatic heterocycles. The molecule has 0 aliphatic carbocycles. The van der Waals surface area contributed by atoms with Gasteiger partial charge in [0.25, 0.3) is 40.5 Å². The average molecular weight is 876 g/mol. The van der Waals surface area contributed by atoms with Crippen molar-refractivity contribution < 1.29 is 61.8 Å². The fraction of sp³-hybridized carbons (Fsp3) is 0.0357. The second kappa shape index (κ2) is 19.7. The maximum atomic E-state index is 12.5. The van der Waals surface area contributed by atoms with Crippen molar-refractivity contribution in [3.8, 4) is 5.75 Å². The Morgan fingerprint density at radius 2 is 1.05 bits per heavy atom. The molecule has 5 aromatic rings. The number of hydrogen-bond donors (Lipinski definition) is 6. The third kappa shape index (κ3) is 12.1. The van der Waals surface area contributed by atoms with E-state index < -0.39 is 88.2 Å². The number of carbonyl (C=O) groups is 1. The van der Waals surface area contributed by atoms with Gasteiger partial charge in [0.15, 0.2) is 5.75 Å². The fourth-order valence-corrected chi connectivity index (χ4v) is 7.09. The third-order valence-corrected chi connectivity index (χ3v) is 10.4. The van der Waals surface area contributed by atoms with E-state index in [2.05, 4.69) is 25.8 Å². The van der Waals surface area contributed by atoms with Gasteiger partial charge in [-0.05, 0) is 66.7 Å². The van der Waals surface area contributed by atoms with Gasteiger partial charge in [0.05, 0.1) is 37.9 Å². The zero-order valence-corrected chi connectivity index (χ0v) is 28.5. The Labute approximate surface area is 401 Å². The van der Waals surface area contributed by atoms with Gasteiger partial charge in [-0.2, -0.15) is 38.8 Å². The molecule has 0 aromatic heterocycles. The van der Waals surface area contributed by atoms with Crippen LogP contribution in [-0.2, 0) is 45.3 Å². The maximum absolute atomic E-state index is 12.5. The van der Waals surface area contributed by atoms with Crippen molar-refractivity contribution in [3.63, 3.8) is 0 Å². The van der Waals surface area contributed by atoms with Crippen LogP contribution in [0.15, 0.2) is 113 Å². The van der Waals surface area contributed by atoms with E-state index in [1.165, 1.54) is 30.3 Å². The summed E-state index contributed by atoms with van der Waals surface area (Å²) >= 11 is 0. The standard InChI is InChI=1S/C28H21N5O14S4.4Na.4H/c1-14(34)29-23-10-11-24(50(42,43)44)20-13-25(51(45,46)47)27(28(35)26(20)23)33-32-22-9-8-21(18-7-6-17(12-19(18)22)49(39,40)41)31-30-15-2-4-16(5-3-15)48(36,37)38;;;;;;;;/h2-13,35H,1H3,(H,29,34)(H,36,37,38)(H,39,40,41)(H,42,43,44)(H,45,46,47);;;;;;;;/b31-30+,33-32+;;;;;;;;. The Balaban J connectivity index is 0.00000378. The molecule has 0 aliphatic rings.